The lowest BCUT2D eigenvalue weighted by atomic mass is 10.0. The van der Waals surface area contributed by atoms with Crippen LogP contribution < -0.4 is 5.32 Å². The van der Waals surface area contributed by atoms with E-state index in [-0.39, 0.29) is 11.4 Å². The second kappa shape index (κ2) is 3.64. The first-order valence-corrected chi connectivity index (χ1v) is 5.07. The van der Waals surface area contributed by atoms with Crippen molar-refractivity contribution in [3.8, 4) is 0 Å². The summed E-state index contributed by atoms with van der Waals surface area (Å²) in [6, 6.07) is 0. The molecule has 1 amide bonds. The van der Waals surface area contributed by atoms with Gasteiger partial charge in [0.1, 0.15) is 5.70 Å². The van der Waals surface area contributed by atoms with Gasteiger partial charge in [-0.05, 0) is 40.2 Å². The van der Waals surface area contributed by atoms with Gasteiger partial charge in [0, 0.05) is 18.6 Å². The SMILES string of the molecule is CC(C)=C1C(=O)NCCN1C(C)(C)C. The molecule has 0 aromatic heterocycles. The van der Waals surface area contributed by atoms with Gasteiger partial charge in [0.05, 0.1) is 0 Å². The Kier molecular flexibility index (Phi) is 2.88. The fourth-order valence-electron chi connectivity index (χ4n) is 1.77. The normalized spacial score (nSPS) is 18.2. The van der Waals surface area contributed by atoms with Crippen molar-refractivity contribution in [2.24, 2.45) is 0 Å². The largest absolute Gasteiger partial charge is 0.361 e. The van der Waals surface area contributed by atoms with Crippen LogP contribution in [0.4, 0.5) is 0 Å². The van der Waals surface area contributed by atoms with Crippen molar-refractivity contribution in [1.82, 2.24) is 10.2 Å². The summed E-state index contributed by atoms with van der Waals surface area (Å²) in [5.74, 6) is 0.0613. The van der Waals surface area contributed by atoms with E-state index in [1.54, 1.807) is 0 Å². The number of nitrogens with zero attached hydrogens (tertiary/aromatic N) is 1. The number of allylic oxidation sites excluding steroid dienone is 1. The molecule has 1 saturated heterocycles. The van der Waals surface area contributed by atoms with E-state index in [0.717, 1.165) is 24.4 Å². The third-order valence-electron chi connectivity index (χ3n) is 2.39. The van der Waals surface area contributed by atoms with Crippen LogP contribution in [0.25, 0.3) is 0 Å². The minimum absolute atomic E-state index is 0.0182. The smallest absolute Gasteiger partial charge is 0.267 e. The Morgan fingerprint density at radius 1 is 1.36 bits per heavy atom. The molecule has 0 aromatic rings. The predicted octanol–water partition coefficient (Wildman–Crippen LogP) is 1.51. The van der Waals surface area contributed by atoms with E-state index in [1.807, 2.05) is 13.8 Å². The molecule has 3 heteroatoms. The van der Waals surface area contributed by atoms with Crippen molar-refractivity contribution in [3.63, 3.8) is 0 Å². The summed E-state index contributed by atoms with van der Waals surface area (Å²) in [5.41, 5.74) is 1.94. The van der Waals surface area contributed by atoms with Gasteiger partial charge in [-0.2, -0.15) is 0 Å². The maximum Gasteiger partial charge on any atom is 0.267 e. The number of piperazine rings is 1. The summed E-state index contributed by atoms with van der Waals surface area (Å²) in [5, 5.41) is 2.88. The average Bonchev–Trinajstić information content (AvgIpc) is 2.01. The summed E-state index contributed by atoms with van der Waals surface area (Å²) < 4.78 is 0. The third kappa shape index (κ3) is 2.08. The molecule has 0 bridgehead atoms. The van der Waals surface area contributed by atoms with Crippen LogP contribution in [0.3, 0.4) is 0 Å². The highest BCUT2D eigenvalue weighted by atomic mass is 16.2. The Balaban J connectivity index is 3.05. The van der Waals surface area contributed by atoms with Crippen LogP contribution in [0.5, 0.6) is 0 Å². The van der Waals surface area contributed by atoms with Gasteiger partial charge >= 0.3 is 0 Å². The van der Waals surface area contributed by atoms with Gasteiger partial charge in [0.25, 0.3) is 5.91 Å². The zero-order valence-electron chi connectivity index (χ0n) is 9.77. The standard InChI is InChI=1S/C11H20N2O/c1-8(2)9-10(14)12-6-7-13(9)11(3,4)5/h6-7H2,1-5H3,(H,12,14). The first-order valence-electron chi connectivity index (χ1n) is 5.07. The number of amides is 1. The van der Waals surface area contributed by atoms with Crippen molar-refractivity contribution in [3.05, 3.63) is 11.3 Å². The molecule has 0 unspecified atom stereocenters. The lowest BCUT2D eigenvalue weighted by molar-refractivity contribution is -0.121. The predicted molar refractivity (Wildman–Crippen MR) is 57.8 cm³/mol. The van der Waals surface area contributed by atoms with Gasteiger partial charge in [-0.25, -0.2) is 0 Å². The van der Waals surface area contributed by atoms with Crippen LogP contribution in [0.1, 0.15) is 34.6 Å². The summed E-state index contributed by atoms with van der Waals surface area (Å²) in [4.78, 5) is 13.9. The maximum atomic E-state index is 11.7. The lowest BCUT2D eigenvalue weighted by Gasteiger charge is -2.42. The molecule has 0 aromatic carbocycles. The highest BCUT2D eigenvalue weighted by Crippen LogP contribution is 2.23. The summed E-state index contributed by atoms with van der Waals surface area (Å²) in [7, 11) is 0. The van der Waals surface area contributed by atoms with Crippen molar-refractivity contribution < 1.29 is 4.79 Å². The van der Waals surface area contributed by atoms with E-state index in [2.05, 4.69) is 31.0 Å². The summed E-state index contributed by atoms with van der Waals surface area (Å²) in [6.07, 6.45) is 0. The lowest BCUT2D eigenvalue weighted by Crippen LogP contribution is -2.53. The van der Waals surface area contributed by atoms with E-state index in [1.165, 1.54) is 0 Å². The highest BCUT2D eigenvalue weighted by molar-refractivity contribution is 5.94. The van der Waals surface area contributed by atoms with Crippen LogP contribution in [-0.2, 0) is 4.79 Å². The van der Waals surface area contributed by atoms with E-state index in [9.17, 15) is 4.79 Å². The second-order valence-electron chi connectivity index (χ2n) is 4.93. The minimum Gasteiger partial charge on any atom is -0.361 e. The number of nitrogens with one attached hydrogen (secondary N) is 1. The summed E-state index contributed by atoms with van der Waals surface area (Å²) in [6.45, 7) is 12.0. The van der Waals surface area contributed by atoms with Gasteiger partial charge in [0.15, 0.2) is 0 Å². The Morgan fingerprint density at radius 2 is 1.93 bits per heavy atom. The van der Waals surface area contributed by atoms with Gasteiger partial charge < -0.3 is 10.2 Å². The first kappa shape index (κ1) is 11.1. The molecule has 1 rings (SSSR count). The van der Waals surface area contributed by atoms with E-state index in [0.29, 0.717) is 0 Å². The topological polar surface area (TPSA) is 32.3 Å². The molecule has 0 atom stereocenters. The minimum atomic E-state index is 0.0182. The van der Waals surface area contributed by atoms with Gasteiger partial charge in [-0.1, -0.05) is 0 Å². The second-order valence-corrected chi connectivity index (χ2v) is 4.93. The van der Waals surface area contributed by atoms with Gasteiger partial charge in [0.2, 0.25) is 0 Å². The molecule has 1 fully saturated rings. The van der Waals surface area contributed by atoms with Crippen molar-refractivity contribution in [2.45, 2.75) is 40.2 Å². The number of rotatable bonds is 0. The fraction of sp³-hybridized carbons (Fsp3) is 0.727. The molecular weight excluding hydrogens is 176 g/mol. The Hall–Kier alpha value is -0.990. The van der Waals surface area contributed by atoms with Crippen molar-refractivity contribution >= 4 is 5.91 Å². The maximum absolute atomic E-state index is 11.7. The number of hydrogen-bond acceptors (Lipinski definition) is 2. The van der Waals surface area contributed by atoms with Crippen LogP contribution in [0.2, 0.25) is 0 Å². The fourth-order valence-corrected chi connectivity index (χ4v) is 1.77. The zero-order chi connectivity index (χ0) is 10.9. The number of carbonyl (C=O) groups excluding carboxylic acids is 1. The molecular formula is C11H20N2O. The molecule has 3 nitrogen and oxygen atoms in total. The number of carbonyl (C=O) groups is 1. The molecule has 14 heavy (non-hydrogen) atoms. The molecule has 1 heterocycles. The van der Waals surface area contributed by atoms with Crippen LogP contribution in [0, 0.1) is 0 Å². The summed E-state index contributed by atoms with van der Waals surface area (Å²) >= 11 is 0. The van der Waals surface area contributed by atoms with Crippen molar-refractivity contribution in [2.75, 3.05) is 13.1 Å². The number of hydrogen-bond donors (Lipinski definition) is 1. The van der Waals surface area contributed by atoms with E-state index in [4.69, 9.17) is 0 Å². The van der Waals surface area contributed by atoms with Gasteiger partial charge in [-0.3, -0.25) is 4.79 Å². The highest BCUT2D eigenvalue weighted by Gasteiger charge is 2.30. The zero-order valence-corrected chi connectivity index (χ0v) is 9.77. The first-order chi connectivity index (χ1) is 6.34. The Bertz CT molecular complexity index is 270. The third-order valence-corrected chi connectivity index (χ3v) is 2.39. The average molecular weight is 196 g/mol. The molecule has 0 saturated carbocycles. The molecule has 0 spiro atoms. The monoisotopic (exact) mass is 196 g/mol. The molecule has 1 aliphatic rings. The van der Waals surface area contributed by atoms with Crippen LogP contribution >= 0.6 is 0 Å². The molecule has 0 radical (unpaired) electrons. The molecule has 80 valence electrons. The van der Waals surface area contributed by atoms with E-state index < -0.39 is 0 Å². The Labute approximate surface area is 86.2 Å². The van der Waals surface area contributed by atoms with E-state index >= 15 is 0 Å². The quantitative estimate of drug-likeness (QED) is 0.596. The molecule has 0 aliphatic carbocycles. The van der Waals surface area contributed by atoms with Crippen LogP contribution in [-0.4, -0.2) is 29.4 Å². The van der Waals surface area contributed by atoms with Crippen molar-refractivity contribution in [1.29, 1.82) is 0 Å². The molecule has 1 aliphatic heterocycles. The molecule has 1 N–H and O–H groups in total. The van der Waals surface area contributed by atoms with Gasteiger partial charge in [-0.15, -0.1) is 0 Å². The Morgan fingerprint density at radius 3 is 2.29 bits per heavy atom. The van der Waals surface area contributed by atoms with Crippen LogP contribution in [0.15, 0.2) is 11.3 Å².